The molecule has 0 bridgehead atoms. The second-order valence-electron chi connectivity index (χ2n) is 8.04. The summed E-state index contributed by atoms with van der Waals surface area (Å²) in [5, 5.41) is 17.7. The number of benzene rings is 1. The van der Waals surface area contributed by atoms with Crippen molar-refractivity contribution >= 4 is 11.6 Å². The van der Waals surface area contributed by atoms with Crippen molar-refractivity contribution in [2.75, 3.05) is 0 Å². The molecular weight excluding hydrogens is 463 g/mol. The number of imidazole rings is 1. The smallest absolute Gasteiger partial charge is 0.254 e. The second kappa shape index (κ2) is 7.70. The van der Waals surface area contributed by atoms with Gasteiger partial charge in [-0.15, -0.1) is 5.10 Å². The fraction of sp³-hybridized carbons (Fsp3) is 0.190. The number of hydrogen-bond acceptors (Lipinski definition) is 7. The van der Waals surface area contributed by atoms with Crippen LogP contribution in [0.25, 0.3) is 28.2 Å². The van der Waals surface area contributed by atoms with Gasteiger partial charge in [-0.2, -0.15) is 9.78 Å². The molecule has 0 saturated heterocycles. The van der Waals surface area contributed by atoms with Crippen molar-refractivity contribution < 1.29 is 4.39 Å². The van der Waals surface area contributed by atoms with Gasteiger partial charge in [-0.3, -0.25) is 14.5 Å². The Bertz CT molecular complexity index is 1560. The van der Waals surface area contributed by atoms with E-state index in [0.717, 1.165) is 11.3 Å². The van der Waals surface area contributed by atoms with Gasteiger partial charge in [-0.05, 0) is 29.0 Å². The van der Waals surface area contributed by atoms with Crippen molar-refractivity contribution in [1.29, 1.82) is 0 Å². The first-order chi connectivity index (χ1) is 16.5. The van der Waals surface area contributed by atoms with Crippen LogP contribution in [0.3, 0.4) is 0 Å². The van der Waals surface area contributed by atoms with Gasteiger partial charge >= 0.3 is 0 Å². The molecule has 0 aliphatic carbocycles. The van der Waals surface area contributed by atoms with Crippen LogP contribution >= 0.6 is 11.6 Å². The van der Waals surface area contributed by atoms with Crippen LogP contribution in [-0.4, -0.2) is 49.9 Å². The monoisotopic (exact) mass is 478 g/mol. The molecule has 0 radical (unpaired) electrons. The Hall–Kier alpha value is -4.19. The molecule has 0 unspecified atom stereocenters. The van der Waals surface area contributed by atoms with Gasteiger partial charge in [-0.1, -0.05) is 18.5 Å². The molecular formula is C21H16ClFN10O. The highest BCUT2D eigenvalue weighted by Gasteiger charge is 2.34. The maximum absolute atomic E-state index is 15.2. The average molecular weight is 479 g/mol. The van der Waals surface area contributed by atoms with E-state index in [1.54, 1.807) is 29.2 Å². The summed E-state index contributed by atoms with van der Waals surface area (Å²) in [7, 11) is 0. The number of hydrogen-bond donors (Lipinski definition) is 2. The third-order valence-corrected chi connectivity index (χ3v) is 6.25. The largest absolute Gasteiger partial charge is 0.340 e. The van der Waals surface area contributed by atoms with Crippen LogP contribution in [-0.2, 0) is 0 Å². The third-order valence-electron chi connectivity index (χ3n) is 5.95. The lowest BCUT2D eigenvalue weighted by Crippen LogP contribution is -2.25. The highest BCUT2D eigenvalue weighted by atomic mass is 35.5. The fourth-order valence-electron chi connectivity index (χ4n) is 4.38. The predicted octanol–water partition coefficient (Wildman–Crippen LogP) is 2.89. The molecule has 0 amide bonds. The molecule has 1 aromatic carbocycles. The summed E-state index contributed by atoms with van der Waals surface area (Å²) in [4.78, 5) is 25.8. The van der Waals surface area contributed by atoms with Gasteiger partial charge in [0.05, 0.1) is 46.1 Å². The lowest BCUT2D eigenvalue weighted by molar-refractivity contribution is 0.555. The normalized spacial score (nSPS) is 17.3. The quantitative estimate of drug-likeness (QED) is 0.405. The molecule has 5 aromatic rings. The van der Waals surface area contributed by atoms with Gasteiger partial charge in [-0.25, -0.2) is 14.4 Å². The van der Waals surface area contributed by atoms with E-state index in [1.165, 1.54) is 23.1 Å². The summed E-state index contributed by atoms with van der Waals surface area (Å²) in [5.74, 6) is 0.404. The molecule has 0 spiro atoms. The second-order valence-corrected chi connectivity index (χ2v) is 8.45. The summed E-state index contributed by atoms with van der Waals surface area (Å²) in [5.41, 5.74) is 1.86. The number of halogens is 2. The molecule has 2 N–H and O–H groups in total. The number of aromatic amines is 2. The lowest BCUT2D eigenvalue weighted by Gasteiger charge is -2.15. The Morgan fingerprint density at radius 2 is 2.15 bits per heavy atom. The van der Waals surface area contributed by atoms with E-state index in [1.807, 2.05) is 6.92 Å². The SMILES string of the molecule is C[C@@H]1C[C@@H](c2ncc(-c3cn[nH]c3)[nH]2)n2c1nc(-c1c(-n3cnnn3)ccc(Cl)c1F)cc2=O. The minimum absolute atomic E-state index is 0.0520. The topological polar surface area (TPSA) is 136 Å². The van der Waals surface area contributed by atoms with Crippen molar-refractivity contribution in [2.24, 2.45) is 0 Å². The standard InChI is InChI=1S/C21H16ClFN10O/c1-10-4-16(20-24-8-14(28-20)11-6-25-26-7-11)33-17(34)5-13(29-21(10)33)18-15(32-9-27-30-31-32)3-2-12(22)19(18)23/h2-3,5-10,16H,4H2,1H3,(H,24,28)(H,25,26)/t10-,16+/m1/s1. The van der Waals surface area contributed by atoms with Gasteiger partial charge in [0.2, 0.25) is 0 Å². The van der Waals surface area contributed by atoms with Crippen molar-refractivity contribution in [1.82, 2.24) is 49.9 Å². The number of H-pyrrole nitrogens is 2. The summed E-state index contributed by atoms with van der Waals surface area (Å²) >= 11 is 6.06. The summed E-state index contributed by atoms with van der Waals surface area (Å²) in [6, 6.07) is 3.96. The minimum atomic E-state index is -0.704. The Labute approximate surface area is 195 Å². The van der Waals surface area contributed by atoms with Crippen molar-refractivity contribution in [3.8, 4) is 28.2 Å². The molecule has 1 aliphatic rings. The van der Waals surface area contributed by atoms with Crippen LogP contribution in [0.5, 0.6) is 0 Å². The zero-order chi connectivity index (χ0) is 23.4. The lowest BCUT2D eigenvalue weighted by atomic mass is 10.1. The van der Waals surface area contributed by atoms with E-state index in [4.69, 9.17) is 16.6 Å². The highest BCUT2D eigenvalue weighted by Crippen LogP contribution is 2.39. The van der Waals surface area contributed by atoms with Crippen LogP contribution in [0, 0.1) is 5.82 Å². The van der Waals surface area contributed by atoms with Gasteiger partial charge in [0.15, 0.2) is 5.82 Å². The minimum Gasteiger partial charge on any atom is -0.340 e. The van der Waals surface area contributed by atoms with Crippen molar-refractivity contribution in [3.05, 3.63) is 76.0 Å². The van der Waals surface area contributed by atoms with Crippen molar-refractivity contribution in [3.63, 3.8) is 0 Å². The zero-order valence-electron chi connectivity index (χ0n) is 17.6. The number of nitrogens with zero attached hydrogens (tertiary/aromatic N) is 8. The first kappa shape index (κ1) is 20.4. The zero-order valence-corrected chi connectivity index (χ0v) is 18.4. The van der Waals surface area contributed by atoms with Crippen molar-refractivity contribution in [2.45, 2.75) is 25.3 Å². The van der Waals surface area contributed by atoms with E-state index in [0.29, 0.717) is 23.8 Å². The third kappa shape index (κ3) is 3.14. The Kier molecular flexibility index (Phi) is 4.62. The van der Waals surface area contributed by atoms with Crippen LogP contribution in [0.4, 0.5) is 4.39 Å². The summed E-state index contributed by atoms with van der Waals surface area (Å²) in [6.45, 7) is 1.97. The molecule has 0 fully saturated rings. The van der Waals surface area contributed by atoms with E-state index < -0.39 is 5.82 Å². The summed E-state index contributed by atoms with van der Waals surface area (Å²) in [6.07, 6.45) is 7.09. The molecule has 13 heteroatoms. The van der Waals surface area contributed by atoms with Gasteiger partial charge in [0, 0.05) is 23.7 Å². The highest BCUT2D eigenvalue weighted by molar-refractivity contribution is 6.31. The van der Waals surface area contributed by atoms with E-state index >= 15 is 4.39 Å². The number of aromatic nitrogens is 10. The van der Waals surface area contributed by atoms with Crippen LogP contribution in [0.1, 0.15) is 37.0 Å². The molecule has 5 heterocycles. The van der Waals surface area contributed by atoms with E-state index in [-0.39, 0.29) is 33.8 Å². The molecule has 4 aromatic heterocycles. The number of nitrogens with one attached hydrogen (secondary N) is 2. The molecule has 0 saturated carbocycles. The predicted molar refractivity (Wildman–Crippen MR) is 119 cm³/mol. The van der Waals surface area contributed by atoms with Gasteiger partial charge < -0.3 is 4.98 Å². The van der Waals surface area contributed by atoms with E-state index in [2.05, 4.69) is 35.7 Å². The van der Waals surface area contributed by atoms with E-state index in [9.17, 15) is 4.79 Å². The maximum Gasteiger partial charge on any atom is 0.254 e. The molecule has 2 atom stereocenters. The van der Waals surface area contributed by atoms with Crippen LogP contribution < -0.4 is 5.56 Å². The molecule has 11 nitrogen and oxygen atoms in total. The first-order valence-electron chi connectivity index (χ1n) is 10.4. The van der Waals surface area contributed by atoms with Gasteiger partial charge in [0.25, 0.3) is 5.56 Å². The van der Waals surface area contributed by atoms with Crippen LogP contribution in [0.15, 0.2) is 47.9 Å². The molecule has 1 aliphatic heterocycles. The molecule has 34 heavy (non-hydrogen) atoms. The fourth-order valence-corrected chi connectivity index (χ4v) is 4.53. The Morgan fingerprint density at radius 3 is 2.91 bits per heavy atom. The maximum atomic E-state index is 15.2. The number of tetrazole rings is 1. The average Bonchev–Trinajstić information content (AvgIpc) is 3.62. The number of rotatable bonds is 4. The first-order valence-corrected chi connectivity index (χ1v) is 10.8. The Morgan fingerprint density at radius 1 is 1.26 bits per heavy atom. The molecule has 170 valence electrons. The summed E-state index contributed by atoms with van der Waals surface area (Å²) < 4.78 is 18.1. The van der Waals surface area contributed by atoms with Crippen LogP contribution in [0.2, 0.25) is 5.02 Å². The molecule has 6 rings (SSSR count). The number of fused-ring (bicyclic) bond motifs is 1. The van der Waals surface area contributed by atoms with Gasteiger partial charge in [0.1, 0.15) is 18.0 Å². The Balaban J connectivity index is 1.47.